The Morgan fingerprint density at radius 2 is 1.77 bits per heavy atom. The smallest absolute Gasteiger partial charge is 0.308 e. The number of carbonyl (C=O) groups is 3. The first-order valence-corrected chi connectivity index (χ1v) is 7.01. The highest BCUT2D eigenvalue weighted by atomic mass is 16.5. The van der Waals surface area contributed by atoms with Crippen molar-refractivity contribution in [3.05, 3.63) is 48.6 Å². The van der Waals surface area contributed by atoms with E-state index in [-0.39, 0.29) is 24.8 Å². The Labute approximate surface area is 128 Å². The fraction of sp³-hybridized carbons (Fsp3) is 0.312. The number of nitrogens with one attached hydrogen (secondary N) is 2. The second kappa shape index (κ2) is 7.40. The van der Waals surface area contributed by atoms with E-state index in [4.69, 9.17) is 4.74 Å². The van der Waals surface area contributed by atoms with E-state index in [1.807, 2.05) is 30.3 Å². The molecule has 116 valence electrons. The number of carbonyl (C=O) groups excluding carboxylic acids is 3. The van der Waals surface area contributed by atoms with Crippen LogP contribution in [0.4, 0.5) is 0 Å². The number of ether oxygens (including phenoxy) is 1. The molecule has 6 nitrogen and oxygen atoms in total. The molecule has 2 amide bonds. The van der Waals surface area contributed by atoms with Crippen molar-refractivity contribution in [3.8, 4) is 0 Å². The molecule has 2 N–H and O–H groups in total. The van der Waals surface area contributed by atoms with Crippen LogP contribution in [0.25, 0.3) is 0 Å². The van der Waals surface area contributed by atoms with Gasteiger partial charge in [0.1, 0.15) is 18.7 Å². The largest absolute Gasteiger partial charge is 0.461 e. The Morgan fingerprint density at radius 3 is 2.45 bits per heavy atom. The highest BCUT2D eigenvalue weighted by Crippen LogP contribution is 2.08. The minimum absolute atomic E-state index is 0.0811. The van der Waals surface area contributed by atoms with Crippen molar-refractivity contribution >= 4 is 17.8 Å². The minimum Gasteiger partial charge on any atom is -0.461 e. The standard InChI is InChI=1S/C16H18N2O4/c1-2-8-22-14(19)10-13-16(21)17-12(15(20)18-13)9-11-6-4-3-5-7-11/h2-7,12-13H,1,8-10H2,(H,17,21)(H,18,20). The van der Waals surface area contributed by atoms with Crippen LogP contribution in [0, 0.1) is 0 Å². The van der Waals surface area contributed by atoms with Gasteiger partial charge in [0.2, 0.25) is 11.8 Å². The molecule has 0 saturated carbocycles. The predicted molar refractivity (Wildman–Crippen MR) is 79.8 cm³/mol. The monoisotopic (exact) mass is 302 g/mol. The van der Waals surface area contributed by atoms with Crippen LogP contribution in [0.1, 0.15) is 12.0 Å². The van der Waals surface area contributed by atoms with E-state index in [2.05, 4.69) is 17.2 Å². The number of benzene rings is 1. The van der Waals surface area contributed by atoms with Crippen LogP contribution in [0.3, 0.4) is 0 Å². The maximum atomic E-state index is 12.1. The molecule has 0 spiro atoms. The molecule has 1 heterocycles. The van der Waals surface area contributed by atoms with Crippen molar-refractivity contribution in [3.63, 3.8) is 0 Å². The number of hydrogen-bond donors (Lipinski definition) is 2. The van der Waals surface area contributed by atoms with Crippen LogP contribution in [-0.4, -0.2) is 36.5 Å². The quantitative estimate of drug-likeness (QED) is 0.586. The van der Waals surface area contributed by atoms with E-state index < -0.39 is 18.1 Å². The number of hydrogen-bond acceptors (Lipinski definition) is 4. The summed E-state index contributed by atoms with van der Waals surface area (Å²) in [4.78, 5) is 35.5. The first-order chi connectivity index (χ1) is 10.6. The Morgan fingerprint density at radius 1 is 1.14 bits per heavy atom. The molecule has 1 aliphatic heterocycles. The Kier molecular flexibility index (Phi) is 5.30. The first-order valence-electron chi connectivity index (χ1n) is 7.01. The van der Waals surface area contributed by atoms with Gasteiger partial charge < -0.3 is 15.4 Å². The van der Waals surface area contributed by atoms with E-state index >= 15 is 0 Å². The van der Waals surface area contributed by atoms with Gasteiger partial charge in [-0.2, -0.15) is 0 Å². The van der Waals surface area contributed by atoms with Gasteiger partial charge in [-0.15, -0.1) is 0 Å². The Hall–Kier alpha value is -2.63. The van der Waals surface area contributed by atoms with Crippen LogP contribution in [0.2, 0.25) is 0 Å². The summed E-state index contributed by atoms with van der Waals surface area (Å²) >= 11 is 0. The molecule has 2 rings (SSSR count). The highest BCUT2D eigenvalue weighted by molar-refractivity contribution is 5.98. The predicted octanol–water partition coefficient (Wildman–Crippen LogP) is 0.332. The fourth-order valence-electron chi connectivity index (χ4n) is 2.19. The lowest BCUT2D eigenvalue weighted by Gasteiger charge is -2.29. The zero-order chi connectivity index (χ0) is 15.9. The third kappa shape index (κ3) is 4.18. The third-order valence-electron chi connectivity index (χ3n) is 3.28. The minimum atomic E-state index is -0.892. The van der Waals surface area contributed by atoms with Crippen LogP contribution >= 0.6 is 0 Å². The third-order valence-corrected chi connectivity index (χ3v) is 3.28. The summed E-state index contributed by atoms with van der Waals surface area (Å²) in [7, 11) is 0. The van der Waals surface area contributed by atoms with Gasteiger partial charge in [0.25, 0.3) is 0 Å². The summed E-state index contributed by atoms with van der Waals surface area (Å²) in [6, 6.07) is 7.88. The lowest BCUT2D eigenvalue weighted by atomic mass is 10.0. The average Bonchev–Trinajstić information content (AvgIpc) is 2.51. The van der Waals surface area contributed by atoms with Crippen LogP contribution in [0.15, 0.2) is 43.0 Å². The van der Waals surface area contributed by atoms with Crippen LogP contribution in [-0.2, 0) is 25.5 Å². The van der Waals surface area contributed by atoms with Gasteiger partial charge in [-0.05, 0) is 5.56 Å². The normalized spacial score (nSPS) is 20.7. The number of esters is 1. The first kappa shape index (κ1) is 15.8. The second-order valence-electron chi connectivity index (χ2n) is 4.99. The molecular formula is C16H18N2O4. The molecule has 2 unspecified atom stereocenters. The lowest BCUT2D eigenvalue weighted by molar-refractivity contribution is -0.146. The van der Waals surface area contributed by atoms with E-state index in [1.54, 1.807) is 0 Å². The number of rotatable bonds is 6. The summed E-state index contributed by atoms with van der Waals surface area (Å²) in [6.07, 6.45) is 1.66. The van der Waals surface area contributed by atoms with Crippen molar-refractivity contribution < 1.29 is 19.1 Å². The van der Waals surface area contributed by atoms with Crippen molar-refractivity contribution in [2.24, 2.45) is 0 Å². The summed E-state index contributed by atoms with van der Waals surface area (Å²) < 4.78 is 4.81. The summed E-state index contributed by atoms with van der Waals surface area (Å²) in [5, 5.41) is 5.21. The molecule has 1 fully saturated rings. The molecule has 6 heteroatoms. The van der Waals surface area contributed by atoms with Gasteiger partial charge in [0, 0.05) is 6.42 Å². The van der Waals surface area contributed by atoms with Gasteiger partial charge in [0.15, 0.2) is 0 Å². The molecule has 0 radical (unpaired) electrons. The molecule has 0 aromatic heterocycles. The Balaban J connectivity index is 1.91. The summed E-state index contributed by atoms with van der Waals surface area (Å²) in [5.41, 5.74) is 0.951. The molecule has 0 aliphatic carbocycles. The van der Waals surface area contributed by atoms with E-state index in [0.29, 0.717) is 6.42 Å². The van der Waals surface area contributed by atoms with Crippen molar-refractivity contribution in [2.45, 2.75) is 24.9 Å². The van der Waals surface area contributed by atoms with E-state index in [0.717, 1.165) is 5.56 Å². The van der Waals surface area contributed by atoms with Gasteiger partial charge in [-0.3, -0.25) is 14.4 Å². The number of piperazine rings is 1. The Bertz CT molecular complexity index is 571. The molecule has 1 aromatic carbocycles. The molecular weight excluding hydrogens is 284 g/mol. The highest BCUT2D eigenvalue weighted by Gasteiger charge is 2.34. The molecule has 1 aliphatic rings. The molecule has 2 atom stereocenters. The van der Waals surface area contributed by atoms with E-state index in [9.17, 15) is 14.4 Å². The van der Waals surface area contributed by atoms with Gasteiger partial charge in [0.05, 0.1) is 6.42 Å². The summed E-state index contributed by atoms with van der Waals surface area (Å²) in [6.45, 7) is 3.51. The van der Waals surface area contributed by atoms with Crippen LogP contribution in [0.5, 0.6) is 0 Å². The average molecular weight is 302 g/mol. The molecule has 0 bridgehead atoms. The molecule has 22 heavy (non-hydrogen) atoms. The SMILES string of the molecule is C=CCOC(=O)CC1NC(=O)C(Cc2ccccc2)NC1=O. The van der Waals surface area contributed by atoms with Gasteiger partial charge >= 0.3 is 5.97 Å². The molecule has 1 saturated heterocycles. The topological polar surface area (TPSA) is 84.5 Å². The molecule has 1 aromatic rings. The van der Waals surface area contributed by atoms with Gasteiger partial charge in [-0.25, -0.2) is 0 Å². The maximum Gasteiger partial charge on any atom is 0.308 e. The van der Waals surface area contributed by atoms with Crippen molar-refractivity contribution in [2.75, 3.05) is 6.61 Å². The van der Waals surface area contributed by atoms with Crippen molar-refractivity contribution in [1.82, 2.24) is 10.6 Å². The second-order valence-corrected chi connectivity index (χ2v) is 4.99. The van der Waals surface area contributed by atoms with Crippen molar-refractivity contribution in [1.29, 1.82) is 0 Å². The summed E-state index contributed by atoms with van der Waals surface area (Å²) in [5.74, 6) is -1.23. The lowest BCUT2D eigenvalue weighted by Crippen LogP contribution is -2.62. The maximum absolute atomic E-state index is 12.1. The zero-order valence-corrected chi connectivity index (χ0v) is 12.1. The fourth-order valence-corrected chi connectivity index (χ4v) is 2.19. The zero-order valence-electron chi connectivity index (χ0n) is 12.1. The van der Waals surface area contributed by atoms with Gasteiger partial charge in [-0.1, -0.05) is 43.0 Å². The number of amides is 2. The van der Waals surface area contributed by atoms with Crippen LogP contribution < -0.4 is 10.6 Å². The van der Waals surface area contributed by atoms with E-state index in [1.165, 1.54) is 6.08 Å².